The third kappa shape index (κ3) is 5.93. The molecule has 2 heterocycles. The molecule has 0 spiro atoms. The van der Waals surface area contributed by atoms with Gasteiger partial charge in [0.15, 0.2) is 5.96 Å². The molecule has 7 nitrogen and oxygen atoms in total. The fraction of sp³-hybridized carbons (Fsp3) is 0.333. The van der Waals surface area contributed by atoms with Crippen molar-refractivity contribution in [2.75, 3.05) is 33.4 Å². The molecule has 0 saturated carbocycles. The summed E-state index contributed by atoms with van der Waals surface area (Å²) in [4.78, 5) is 14.6. The van der Waals surface area contributed by atoms with Gasteiger partial charge in [-0.15, -0.1) is 0 Å². The lowest BCUT2D eigenvalue weighted by Gasteiger charge is -2.27. The SMILES string of the molecule is CN=C(NCc1ncc(-c2ccccc2)[nH]1)NCc1ccccc1CN1CCOCC1. The molecule has 1 saturated heterocycles. The van der Waals surface area contributed by atoms with E-state index in [0.717, 1.165) is 55.9 Å². The Hall–Kier alpha value is -3.16. The highest BCUT2D eigenvalue weighted by molar-refractivity contribution is 5.79. The maximum absolute atomic E-state index is 5.47. The summed E-state index contributed by atoms with van der Waals surface area (Å²) in [6, 6.07) is 18.8. The minimum absolute atomic E-state index is 0.571. The highest BCUT2D eigenvalue weighted by Gasteiger charge is 2.13. The zero-order valence-electron chi connectivity index (χ0n) is 18.0. The first-order valence-corrected chi connectivity index (χ1v) is 10.7. The Kier molecular flexibility index (Phi) is 7.31. The van der Waals surface area contributed by atoms with Crippen LogP contribution in [0.4, 0.5) is 0 Å². The van der Waals surface area contributed by atoms with E-state index < -0.39 is 0 Å². The van der Waals surface area contributed by atoms with Crippen molar-refractivity contribution >= 4 is 5.96 Å². The molecule has 3 aromatic rings. The predicted octanol–water partition coefficient (Wildman–Crippen LogP) is 2.77. The molecule has 1 aliphatic rings. The van der Waals surface area contributed by atoms with E-state index >= 15 is 0 Å². The lowest BCUT2D eigenvalue weighted by Crippen LogP contribution is -2.37. The number of morpholine rings is 1. The molecule has 2 aromatic carbocycles. The first kappa shape index (κ1) is 21.1. The molecule has 4 rings (SSSR count). The number of ether oxygens (including phenoxy) is 1. The second kappa shape index (κ2) is 10.7. The van der Waals surface area contributed by atoms with Crippen LogP contribution in [0.5, 0.6) is 0 Å². The Morgan fingerprint density at radius 3 is 2.48 bits per heavy atom. The van der Waals surface area contributed by atoms with Gasteiger partial charge >= 0.3 is 0 Å². The molecule has 7 heteroatoms. The minimum Gasteiger partial charge on any atom is -0.379 e. The standard InChI is InChI=1S/C24H30N6O/c1-25-24(28-17-23-26-16-22(29-23)19-7-3-2-4-8-19)27-15-20-9-5-6-10-21(20)18-30-11-13-31-14-12-30/h2-10,16H,11-15,17-18H2,1H3,(H,26,29)(H2,25,27,28). The first-order valence-electron chi connectivity index (χ1n) is 10.7. The molecule has 162 valence electrons. The monoisotopic (exact) mass is 418 g/mol. The van der Waals surface area contributed by atoms with E-state index in [1.807, 2.05) is 24.4 Å². The highest BCUT2D eigenvalue weighted by Crippen LogP contribution is 2.16. The second-order valence-electron chi connectivity index (χ2n) is 7.55. The molecule has 0 bridgehead atoms. The summed E-state index contributed by atoms with van der Waals surface area (Å²) in [6.07, 6.45) is 1.87. The Morgan fingerprint density at radius 2 is 1.71 bits per heavy atom. The maximum atomic E-state index is 5.47. The average Bonchev–Trinajstić information content (AvgIpc) is 3.30. The van der Waals surface area contributed by atoms with Crippen LogP contribution < -0.4 is 10.6 Å². The average molecular weight is 419 g/mol. The molecule has 0 unspecified atom stereocenters. The summed E-state index contributed by atoms with van der Waals surface area (Å²) in [6.45, 7) is 5.83. The zero-order valence-corrected chi connectivity index (χ0v) is 18.0. The molecule has 3 N–H and O–H groups in total. The van der Waals surface area contributed by atoms with Gasteiger partial charge in [-0.05, 0) is 16.7 Å². The van der Waals surface area contributed by atoms with E-state index in [1.54, 1.807) is 7.05 Å². The molecule has 0 amide bonds. The Bertz CT molecular complexity index is 978. The second-order valence-corrected chi connectivity index (χ2v) is 7.55. The lowest BCUT2D eigenvalue weighted by atomic mass is 10.1. The van der Waals surface area contributed by atoms with Crippen LogP contribution in [0.15, 0.2) is 65.8 Å². The van der Waals surface area contributed by atoms with Crippen LogP contribution in [0.1, 0.15) is 17.0 Å². The summed E-state index contributed by atoms with van der Waals surface area (Å²) in [5, 5.41) is 6.77. The number of benzene rings is 2. The van der Waals surface area contributed by atoms with E-state index in [9.17, 15) is 0 Å². The number of nitrogens with zero attached hydrogens (tertiary/aromatic N) is 3. The molecule has 0 radical (unpaired) electrons. The van der Waals surface area contributed by atoms with Crippen LogP contribution in [0, 0.1) is 0 Å². The summed E-state index contributed by atoms with van der Waals surface area (Å²) < 4.78 is 5.47. The van der Waals surface area contributed by atoms with Gasteiger partial charge in [-0.25, -0.2) is 4.98 Å². The van der Waals surface area contributed by atoms with E-state index in [2.05, 4.69) is 66.9 Å². The summed E-state index contributed by atoms with van der Waals surface area (Å²) >= 11 is 0. The van der Waals surface area contributed by atoms with Crippen molar-refractivity contribution in [3.63, 3.8) is 0 Å². The van der Waals surface area contributed by atoms with Gasteiger partial charge in [0, 0.05) is 33.2 Å². The van der Waals surface area contributed by atoms with Crippen LogP contribution >= 0.6 is 0 Å². The van der Waals surface area contributed by atoms with Gasteiger partial charge in [-0.2, -0.15) is 0 Å². The molecular weight excluding hydrogens is 388 g/mol. The smallest absolute Gasteiger partial charge is 0.191 e. The van der Waals surface area contributed by atoms with Crippen LogP contribution in [0.25, 0.3) is 11.3 Å². The first-order chi connectivity index (χ1) is 15.3. The van der Waals surface area contributed by atoms with Gasteiger partial charge in [0.2, 0.25) is 0 Å². The van der Waals surface area contributed by atoms with Gasteiger partial charge in [0.1, 0.15) is 5.82 Å². The van der Waals surface area contributed by atoms with E-state index in [4.69, 9.17) is 4.74 Å². The normalized spacial score (nSPS) is 15.1. The van der Waals surface area contributed by atoms with Crippen LogP contribution in [-0.2, 0) is 24.4 Å². The molecule has 1 fully saturated rings. The van der Waals surface area contributed by atoms with Crippen LogP contribution in [0.3, 0.4) is 0 Å². The summed E-state index contributed by atoms with van der Waals surface area (Å²) in [5.74, 6) is 1.62. The van der Waals surface area contributed by atoms with Crippen molar-refractivity contribution in [2.24, 2.45) is 4.99 Å². The number of hydrogen-bond acceptors (Lipinski definition) is 4. The number of nitrogens with one attached hydrogen (secondary N) is 3. The topological polar surface area (TPSA) is 77.6 Å². The van der Waals surface area contributed by atoms with Gasteiger partial charge < -0.3 is 20.4 Å². The molecular formula is C24H30N6O. The molecule has 0 atom stereocenters. The number of aromatic nitrogens is 2. The summed E-state index contributed by atoms with van der Waals surface area (Å²) in [7, 11) is 1.78. The van der Waals surface area contributed by atoms with E-state index in [1.165, 1.54) is 11.1 Å². The van der Waals surface area contributed by atoms with Crippen molar-refractivity contribution in [1.82, 2.24) is 25.5 Å². The number of H-pyrrole nitrogens is 1. The fourth-order valence-electron chi connectivity index (χ4n) is 3.67. The van der Waals surface area contributed by atoms with Crippen molar-refractivity contribution in [2.45, 2.75) is 19.6 Å². The van der Waals surface area contributed by atoms with E-state index in [-0.39, 0.29) is 0 Å². The minimum atomic E-state index is 0.571. The summed E-state index contributed by atoms with van der Waals surface area (Å²) in [5.41, 5.74) is 4.75. The number of imidazole rings is 1. The Labute approximate surface area is 183 Å². The van der Waals surface area contributed by atoms with Gasteiger partial charge in [-0.3, -0.25) is 9.89 Å². The molecule has 1 aliphatic heterocycles. The maximum Gasteiger partial charge on any atom is 0.191 e. The number of rotatable bonds is 7. The number of aliphatic imine (C=N–C) groups is 1. The zero-order chi connectivity index (χ0) is 21.3. The van der Waals surface area contributed by atoms with Crippen molar-refractivity contribution in [3.05, 3.63) is 77.7 Å². The fourth-order valence-corrected chi connectivity index (χ4v) is 3.67. The molecule has 1 aromatic heterocycles. The number of guanidine groups is 1. The number of hydrogen-bond donors (Lipinski definition) is 3. The van der Waals surface area contributed by atoms with Gasteiger partial charge in [-0.1, -0.05) is 54.6 Å². The Balaban J connectivity index is 1.31. The quantitative estimate of drug-likeness (QED) is 0.406. The lowest BCUT2D eigenvalue weighted by molar-refractivity contribution is 0.0341. The van der Waals surface area contributed by atoms with Crippen LogP contribution in [-0.4, -0.2) is 54.2 Å². The highest BCUT2D eigenvalue weighted by atomic mass is 16.5. The predicted molar refractivity (Wildman–Crippen MR) is 124 cm³/mol. The van der Waals surface area contributed by atoms with Crippen molar-refractivity contribution in [1.29, 1.82) is 0 Å². The van der Waals surface area contributed by atoms with Gasteiger partial charge in [0.25, 0.3) is 0 Å². The van der Waals surface area contributed by atoms with Crippen molar-refractivity contribution in [3.8, 4) is 11.3 Å². The van der Waals surface area contributed by atoms with Crippen LogP contribution in [0.2, 0.25) is 0 Å². The van der Waals surface area contributed by atoms with Crippen molar-refractivity contribution < 1.29 is 4.74 Å². The largest absolute Gasteiger partial charge is 0.379 e. The molecule has 31 heavy (non-hydrogen) atoms. The third-order valence-electron chi connectivity index (χ3n) is 5.42. The third-order valence-corrected chi connectivity index (χ3v) is 5.42. The molecule has 0 aliphatic carbocycles. The Morgan fingerprint density at radius 1 is 1.00 bits per heavy atom. The number of aromatic amines is 1. The van der Waals surface area contributed by atoms with E-state index in [0.29, 0.717) is 13.1 Å². The van der Waals surface area contributed by atoms with Gasteiger partial charge in [0.05, 0.1) is 31.6 Å².